The molecule has 0 aromatic heterocycles. The van der Waals surface area contributed by atoms with Crippen LogP contribution in [-0.4, -0.2) is 21.2 Å². The molecule has 0 N–H and O–H groups in total. The van der Waals surface area contributed by atoms with Gasteiger partial charge in [0.15, 0.2) is 20.4 Å². The lowest BCUT2D eigenvalue weighted by Gasteiger charge is -2.37. The molecular weight excluding hydrogens is 247 g/mol. The van der Waals surface area contributed by atoms with Gasteiger partial charge in [-0.2, -0.15) is 0 Å². The van der Waals surface area contributed by atoms with E-state index in [2.05, 4.69) is 33.9 Å². The number of hydrogen-bond donors (Lipinski definition) is 0. The smallest absolute Gasteiger partial charge is 0.192 e. The molecule has 104 valence electrons. The van der Waals surface area contributed by atoms with Crippen molar-refractivity contribution in [3.63, 3.8) is 0 Å². The van der Waals surface area contributed by atoms with Crippen LogP contribution < -0.4 is 0 Å². The summed E-state index contributed by atoms with van der Waals surface area (Å²) in [7, 11) is -1.78. The van der Waals surface area contributed by atoms with E-state index in [-0.39, 0.29) is 11.0 Å². The van der Waals surface area contributed by atoms with Crippen LogP contribution in [-0.2, 0) is 9.22 Å². The molecule has 0 saturated heterocycles. The predicted octanol–water partition coefficient (Wildman–Crippen LogP) is 4.23. The molecule has 1 rings (SSSR count). The van der Waals surface area contributed by atoms with Crippen molar-refractivity contribution in [3.05, 3.63) is 11.4 Å². The molecule has 0 radical (unpaired) electrons. The molecule has 0 amide bonds. The first-order chi connectivity index (χ1) is 8.19. The fourth-order valence-corrected chi connectivity index (χ4v) is 3.07. The van der Waals surface area contributed by atoms with Crippen molar-refractivity contribution in [2.24, 2.45) is 5.92 Å². The van der Waals surface area contributed by atoms with Crippen LogP contribution in [0.5, 0.6) is 0 Å². The largest absolute Gasteiger partial charge is 0.416 e. The zero-order valence-corrected chi connectivity index (χ0v) is 13.2. The van der Waals surface area contributed by atoms with Crippen molar-refractivity contribution >= 4 is 14.6 Å². The second kappa shape index (κ2) is 5.66. The van der Waals surface area contributed by atoms with Gasteiger partial charge in [0.05, 0.1) is 0 Å². The molecule has 1 unspecified atom stereocenters. The highest BCUT2D eigenvalue weighted by Gasteiger charge is 2.38. The standard InChI is InChI=1S/C14H25FO2Si/c1-14(2,3)18(4,5)17-10-11-7-6-8-12(11)13(15)9-16/h9,11H,6-8,10H2,1-5H3/b13-12-. The Morgan fingerprint density at radius 3 is 2.61 bits per heavy atom. The van der Waals surface area contributed by atoms with Crippen LogP contribution in [0.4, 0.5) is 4.39 Å². The van der Waals surface area contributed by atoms with Crippen LogP contribution in [0, 0.1) is 5.92 Å². The molecule has 0 aliphatic heterocycles. The first-order valence-electron chi connectivity index (χ1n) is 6.66. The average Bonchev–Trinajstić information content (AvgIpc) is 2.72. The summed E-state index contributed by atoms with van der Waals surface area (Å²) in [4.78, 5) is 10.5. The van der Waals surface area contributed by atoms with Gasteiger partial charge in [-0.05, 0) is 43.0 Å². The third kappa shape index (κ3) is 3.51. The predicted molar refractivity (Wildman–Crippen MR) is 74.7 cm³/mol. The van der Waals surface area contributed by atoms with E-state index < -0.39 is 14.1 Å². The number of halogens is 1. The van der Waals surface area contributed by atoms with Crippen molar-refractivity contribution in [3.8, 4) is 0 Å². The fourth-order valence-electron chi connectivity index (χ4n) is 2.02. The maximum Gasteiger partial charge on any atom is 0.192 e. The second-order valence-electron chi connectivity index (χ2n) is 6.65. The number of allylic oxidation sites excluding steroid dienone is 1. The monoisotopic (exact) mass is 272 g/mol. The summed E-state index contributed by atoms with van der Waals surface area (Å²) in [5.41, 5.74) is 0.670. The highest BCUT2D eigenvalue weighted by atomic mass is 28.4. The Bertz CT molecular complexity index is 342. The third-order valence-corrected chi connectivity index (χ3v) is 8.85. The van der Waals surface area contributed by atoms with E-state index >= 15 is 0 Å². The Hall–Kier alpha value is -0.483. The topological polar surface area (TPSA) is 26.3 Å². The summed E-state index contributed by atoms with van der Waals surface area (Å²) in [6, 6.07) is 0. The first kappa shape index (κ1) is 15.6. The normalized spacial score (nSPS) is 24.2. The molecule has 0 bridgehead atoms. The van der Waals surface area contributed by atoms with E-state index in [1.807, 2.05) is 0 Å². The van der Waals surface area contributed by atoms with Gasteiger partial charge in [0, 0.05) is 12.5 Å². The zero-order valence-electron chi connectivity index (χ0n) is 12.2. The van der Waals surface area contributed by atoms with Gasteiger partial charge in [-0.25, -0.2) is 4.39 Å². The number of carbonyl (C=O) groups excluding carboxylic acids is 1. The lowest BCUT2D eigenvalue weighted by molar-refractivity contribution is -0.106. The molecule has 4 heteroatoms. The number of aldehydes is 1. The van der Waals surface area contributed by atoms with Gasteiger partial charge >= 0.3 is 0 Å². The van der Waals surface area contributed by atoms with Crippen molar-refractivity contribution < 1.29 is 13.6 Å². The quantitative estimate of drug-likeness (QED) is 0.435. The van der Waals surface area contributed by atoms with Crippen molar-refractivity contribution in [1.82, 2.24) is 0 Å². The summed E-state index contributed by atoms with van der Waals surface area (Å²) < 4.78 is 19.5. The van der Waals surface area contributed by atoms with Crippen LogP contribution in [0.25, 0.3) is 0 Å². The number of carbonyl (C=O) groups is 1. The Labute approximate surface area is 111 Å². The third-order valence-electron chi connectivity index (χ3n) is 4.35. The minimum Gasteiger partial charge on any atom is -0.416 e. The summed E-state index contributed by atoms with van der Waals surface area (Å²) in [5.74, 6) is -0.472. The molecule has 1 aliphatic rings. The molecule has 18 heavy (non-hydrogen) atoms. The van der Waals surface area contributed by atoms with Gasteiger partial charge in [0.25, 0.3) is 0 Å². The second-order valence-corrected chi connectivity index (χ2v) is 11.5. The lowest BCUT2D eigenvalue weighted by Crippen LogP contribution is -2.41. The average molecular weight is 272 g/mol. The maximum absolute atomic E-state index is 13.4. The Balaban J connectivity index is 2.67. The molecule has 1 fully saturated rings. The van der Waals surface area contributed by atoms with Crippen molar-refractivity contribution in [1.29, 1.82) is 0 Å². The first-order valence-corrected chi connectivity index (χ1v) is 9.57. The van der Waals surface area contributed by atoms with E-state index in [1.165, 1.54) is 0 Å². The Morgan fingerprint density at radius 2 is 2.11 bits per heavy atom. The van der Waals surface area contributed by atoms with E-state index in [0.717, 1.165) is 12.8 Å². The van der Waals surface area contributed by atoms with Crippen LogP contribution in [0.2, 0.25) is 18.1 Å². The minimum absolute atomic E-state index is 0.101. The van der Waals surface area contributed by atoms with Crippen molar-refractivity contribution in [2.45, 2.75) is 58.2 Å². The zero-order chi connectivity index (χ0) is 14.0. The molecule has 2 nitrogen and oxygen atoms in total. The van der Waals surface area contributed by atoms with Crippen molar-refractivity contribution in [2.75, 3.05) is 6.61 Å². The molecule has 0 aromatic carbocycles. The van der Waals surface area contributed by atoms with Crippen LogP contribution >= 0.6 is 0 Å². The van der Waals surface area contributed by atoms with Gasteiger partial charge in [0.1, 0.15) is 0 Å². The highest BCUT2D eigenvalue weighted by molar-refractivity contribution is 6.74. The van der Waals surface area contributed by atoms with Gasteiger partial charge in [-0.1, -0.05) is 20.8 Å². The SMILES string of the molecule is CC(C)(C)[Si](C)(C)OCC1CCC/C1=C(/F)C=O. The van der Waals surface area contributed by atoms with Crippen LogP contribution in [0.1, 0.15) is 40.0 Å². The Kier molecular flexibility index (Phi) is 4.89. The summed E-state index contributed by atoms with van der Waals surface area (Å²) in [5, 5.41) is 0.165. The molecule has 1 atom stereocenters. The van der Waals surface area contributed by atoms with E-state index in [0.29, 0.717) is 24.9 Å². The molecule has 1 saturated carbocycles. The molecular formula is C14H25FO2Si. The molecule has 0 spiro atoms. The van der Waals surface area contributed by atoms with Gasteiger partial charge in [-0.3, -0.25) is 4.79 Å². The summed E-state index contributed by atoms with van der Waals surface area (Å²) in [6.07, 6.45) is 2.93. The Morgan fingerprint density at radius 1 is 1.50 bits per heavy atom. The maximum atomic E-state index is 13.4. The highest BCUT2D eigenvalue weighted by Crippen LogP contribution is 2.39. The lowest BCUT2D eigenvalue weighted by atomic mass is 10.0. The summed E-state index contributed by atoms with van der Waals surface area (Å²) in [6.45, 7) is 11.5. The molecule has 0 heterocycles. The number of rotatable bonds is 4. The van der Waals surface area contributed by atoms with E-state index in [1.54, 1.807) is 0 Å². The van der Waals surface area contributed by atoms with E-state index in [9.17, 15) is 9.18 Å². The van der Waals surface area contributed by atoms with Crippen LogP contribution in [0.3, 0.4) is 0 Å². The summed E-state index contributed by atoms with van der Waals surface area (Å²) >= 11 is 0. The van der Waals surface area contributed by atoms with Gasteiger partial charge in [0.2, 0.25) is 0 Å². The van der Waals surface area contributed by atoms with E-state index in [4.69, 9.17) is 4.43 Å². The fraction of sp³-hybridized carbons (Fsp3) is 0.786. The van der Waals surface area contributed by atoms with Gasteiger partial charge in [-0.15, -0.1) is 0 Å². The van der Waals surface area contributed by atoms with Gasteiger partial charge < -0.3 is 4.43 Å². The molecule has 1 aliphatic carbocycles. The number of hydrogen-bond acceptors (Lipinski definition) is 2. The molecule has 0 aromatic rings. The minimum atomic E-state index is -1.78. The van der Waals surface area contributed by atoms with Crippen LogP contribution in [0.15, 0.2) is 11.4 Å².